The zero-order valence-electron chi connectivity index (χ0n) is 8.56. The second kappa shape index (κ2) is 3.64. The van der Waals surface area contributed by atoms with Crippen LogP contribution >= 0.6 is 0 Å². The first-order chi connectivity index (χ1) is 7.08. The number of nitrogens with zero attached hydrogens (tertiary/aromatic N) is 1. The molecule has 5 nitrogen and oxygen atoms in total. The topological polar surface area (TPSA) is 63.7 Å². The van der Waals surface area contributed by atoms with Gasteiger partial charge in [-0.2, -0.15) is 0 Å². The number of hydrogen-bond acceptors (Lipinski definition) is 4. The van der Waals surface area contributed by atoms with Gasteiger partial charge in [-0.1, -0.05) is 6.92 Å². The van der Waals surface area contributed by atoms with E-state index in [0.717, 1.165) is 12.8 Å². The normalized spacial score (nSPS) is 30.3. The first-order valence-electron chi connectivity index (χ1n) is 5.15. The third-order valence-corrected chi connectivity index (χ3v) is 2.89. The van der Waals surface area contributed by atoms with Crippen LogP contribution in [0.4, 0.5) is 0 Å². The van der Waals surface area contributed by atoms with Gasteiger partial charge in [-0.05, 0) is 18.8 Å². The summed E-state index contributed by atoms with van der Waals surface area (Å²) in [5, 5.41) is 0.616. The van der Waals surface area contributed by atoms with Crippen LogP contribution in [0.2, 0.25) is 0 Å². The van der Waals surface area contributed by atoms with Crippen molar-refractivity contribution in [3.8, 4) is 0 Å². The van der Waals surface area contributed by atoms with Gasteiger partial charge in [-0.3, -0.25) is 9.59 Å². The number of hydrogen-bond donors (Lipinski definition) is 0. The van der Waals surface area contributed by atoms with Crippen molar-refractivity contribution in [3.05, 3.63) is 0 Å². The highest BCUT2D eigenvalue weighted by molar-refractivity contribution is 6.01. The monoisotopic (exact) mass is 211 g/mol. The third kappa shape index (κ3) is 1.86. The summed E-state index contributed by atoms with van der Waals surface area (Å²) >= 11 is 0. The molecule has 0 bridgehead atoms. The van der Waals surface area contributed by atoms with E-state index in [1.54, 1.807) is 0 Å². The molecule has 1 aliphatic carbocycles. The molecule has 2 rings (SSSR count). The van der Waals surface area contributed by atoms with Gasteiger partial charge in [0.05, 0.1) is 5.92 Å². The van der Waals surface area contributed by atoms with Crippen molar-refractivity contribution in [3.63, 3.8) is 0 Å². The number of carbonyl (C=O) groups is 3. The molecule has 0 atom stereocenters. The van der Waals surface area contributed by atoms with E-state index in [1.165, 1.54) is 0 Å². The maximum absolute atomic E-state index is 11.4. The summed E-state index contributed by atoms with van der Waals surface area (Å²) < 4.78 is 0. The van der Waals surface area contributed by atoms with Gasteiger partial charge in [0.2, 0.25) is 0 Å². The van der Waals surface area contributed by atoms with Gasteiger partial charge in [0.1, 0.15) is 0 Å². The summed E-state index contributed by atoms with van der Waals surface area (Å²) in [5.41, 5.74) is 0. The molecular formula is C10H13NO4. The molecule has 1 saturated carbocycles. The Morgan fingerprint density at radius 2 is 1.80 bits per heavy atom. The molecule has 0 aromatic rings. The highest BCUT2D eigenvalue weighted by Gasteiger charge is 2.38. The van der Waals surface area contributed by atoms with E-state index in [2.05, 4.69) is 6.92 Å². The van der Waals surface area contributed by atoms with E-state index in [9.17, 15) is 14.4 Å². The molecule has 0 spiro atoms. The average molecular weight is 211 g/mol. The maximum Gasteiger partial charge on any atom is 0.336 e. The smallest absolute Gasteiger partial charge is 0.330 e. The van der Waals surface area contributed by atoms with E-state index in [1.807, 2.05) is 0 Å². The molecule has 2 fully saturated rings. The Labute approximate surface area is 87.3 Å². The van der Waals surface area contributed by atoms with Crippen LogP contribution in [0, 0.1) is 11.8 Å². The molecule has 2 amide bonds. The number of rotatable bonds is 2. The van der Waals surface area contributed by atoms with Crippen LogP contribution in [0.3, 0.4) is 0 Å². The lowest BCUT2D eigenvalue weighted by atomic mass is 9.76. The van der Waals surface area contributed by atoms with Crippen molar-refractivity contribution < 1.29 is 19.2 Å². The fourth-order valence-electron chi connectivity index (χ4n) is 1.92. The van der Waals surface area contributed by atoms with Crippen LogP contribution in [0.15, 0.2) is 0 Å². The van der Waals surface area contributed by atoms with Crippen molar-refractivity contribution in [1.29, 1.82) is 0 Å². The predicted molar refractivity (Wildman–Crippen MR) is 49.1 cm³/mol. The number of carbonyl (C=O) groups excluding carboxylic acids is 3. The molecule has 1 aliphatic heterocycles. The largest absolute Gasteiger partial charge is 0.336 e. The minimum absolute atomic E-state index is 0.138. The minimum Gasteiger partial charge on any atom is -0.330 e. The zero-order valence-corrected chi connectivity index (χ0v) is 8.56. The molecule has 82 valence electrons. The van der Waals surface area contributed by atoms with Crippen molar-refractivity contribution in [2.45, 2.75) is 32.6 Å². The molecule has 2 aliphatic rings. The van der Waals surface area contributed by atoms with Crippen LogP contribution in [0.1, 0.15) is 32.6 Å². The Hall–Kier alpha value is -1.39. The van der Waals surface area contributed by atoms with Gasteiger partial charge in [0.15, 0.2) is 0 Å². The molecule has 5 heteroatoms. The fourth-order valence-corrected chi connectivity index (χ4v) is 1.92. The van der Waals surface area contributed by atoms with Gasteiger partial charge in [-0.25, -0.2) is 4.79 Å². The first kappa shape index (κ1) is 10.1. The van der Waals surface area contributed by atoms with Gasteiger partial charge in [-0.15, -0.1) is 5.06 Å². The maximum atomic E-state index is 11.4. The zero-order chi connectivity index (χ0) is 11.0. The summed E-state index contributed by atoms with van der Waals surface area (Å²) in [4.78, 5) is 38.5. The number of hydroxylamine groups is 2. The van der Waals surface area contributed by atoms with Crippen molar-refractivity contribution in [2.75, 3.05) is 0 Å². The lowest BCUT2D eigenvalue weighted by molar-refractivity contribution is -0.203. The second-order valence-corrected chi connectivity index (χ2v) is 4.27. The summed E-state index contributed by atoms with van der Waals surface area (Å²) in [5.74, 6) is -0.883. The SMILES string of the molecule is CC1CC(C(=O)ON2C(=O)CCC2=O)C1. The Kier molecular flexibility index (Phi) is 2.46. The van der Waals surface area contributed by atoms with E-state index in [0.29, 0.717) is 11.0 Å². The van der Waals surface area contributed by atoms with E-state index in [-0.39, 0.29) is 18.8 Å². The van der Waals surface area contributed by atoms with Crippen LogP contribution in [-0.4, -0.2) is 22.8 Å². The van der Waals surface area contributed by atoms with Crippen molar-refractivity contribution in [1.82, 2.24) is 5.06 Å². The second-order valence-electron chi connectivity index (χ2n) is 4.27. The highest BCUT2D eigenvalue weighted by atomic mass is 16.7. The summed E-state index contributed by atoms with van der Waals surface area (Å²) in [6, 6.07) is 0. The van der Waals surface area contributed by atoms with Crippen LogP contribution < -0.4 is 0 Å². The fraction of sp³-hybridized carbons (Fsp3) is 0.700. The summed E-state index contributed by atoms with van der Waals surface area (Å²) in [7, 11) is 0. The Morgan fingerprint density at radius 1 is 1.27 bits per heavy atom. The van der Waals surface area contributed by atoms with Crippen LogP contribution in [0.25, 0.3) is 0 Å². The highest BCUT2D eigenvalue weighted by Crippen LogP contribution is 2.34. The average Bonchev–Trinajstić information content (AvgIpc) is 2.44. The molecule has 1 saturated heterocycles. The lowest BCUT2D eigenvalue weighted by Gasteiger charge is -2.30. The van der Waals surface area contributed by atoms with Crippen LogP contribution in [-0.2, 0) is 19.2 Å². The molecule has 0 aromatic heterocycles. The Bertz CT molecular complexity index is 303. The molecule has 0 radical (unpaired) electrons. The van der Waals surface area contributed by atoms with Crippen molar-refractivity contribution in [2.24, 2.45) is 11.8 Å². The first-order valence-corrected chi connectivity index (χ1v) is 5.15. The lowest BCUT2D eigenvalue weighted by Crippen LogP contribution is -2.38. The van der Waals surface area contributed by atoms with E-state index < -0.39 is 17.8 Å². The predicted octanol–water partition coefficient (Wildman–Crippen LogP) is 0.640. The summed E-state index contributed by atoms with van der Waals surface area (Å²) in [6.07, 6.45) is 1.87. The van der Waals surface area contributed by atoms with E-state index >= 15 is 0 Å². The minimum atomic E-state index is -0.447. The summed E-state index contributed by atoms with van der Waals surface area (Å²) in [6.45, 7) is 2.05. The van der Waals surface area contributed by atoms with Crippen molar-refractivity contribution >= 4 is 17.8 Å². The molecule has 0 N–H and O–H groups in total. The molecule has 0 aromatic carbocycles. The molecule has 15 heavy (non-hydrogen) atoms. The Balaban J connectivity index is 1.88. The standard InChI is InChI=1S/C10H13NO4/c1-6-4-7(5-6)10(14)15-11-8(12)2-3-9(11)13/h6-7H,2-5H2,1H3. The third-order valence-electron chi connectivity index (χ3n) is 2.89. The number of amides is 2. The van der Waals surface area contributed by atoms with E-state index in [4.69, 9.17) is 4.84 Å². The van der Waals surface area contributed by atoms with Gasteiger partial charge >= 0.3 is 5.97 Å². The molecule has 0 unspecified atom stereocenters. The quantitative estimate of drug-likeness (QED) is 0.629. The van der Waals surface area contributed by atoms with Gasteiger partial charge in [0.25, 0.3) is 11.8 Å². The molecular weight excluding hydrogens is 198 g/mol. The molecule has 1 heterocycles. The van der Waals surface area contributed by atoms with Gasteiger partial charge < -0.3 is 4.84 Å². The van der Waals surface area contributed by atoms with Crippen LogP contribution in [0.5, 0.6) is 0 Å². The number of imide groups is 1. The Morgan fingerprint density at radius 3 is 2.27 bits per heavy atom. The van der Waals surface area contributed by atoms with Gasteiger partial charge in [0, 0.05) is 12.8 Å².